The van der Waals surface area contributed by atoms with Crippen LogP contribution >= 0.6 is 0 Å². The fourth-order valence-electron chi connectivity index (χ4n) is 2.63. The zero-order valence-electron chi connectivity index (χ0n) is 12.7. The monoisotopic (exact) mass is 284 g/mol. The molecule has 116 valence electrons. The van der Waals surface area contributed by atoms with E-state index in [0.717, 1.165) is 32.2 Å². The molecule has 1 unspecified atom stereocenters. The molecule has 2 amide bonds. The van der Waals surface area contributed by atoms with E-state index in [2.05, 4.69) is 19.2 Å². The molecule has 0 aromatic heterocycles. The summed E-state index contributed by atoms with van der Waals surface area (Å²) in [5.41, 5.74) is 0. The van der Waals surface area contributed by atoms with Crippen LogP contribution in [0.25, 0.3) is 0 Å². The second-order valence-corrected chi connectivity index (χ2v) is 6.04. The molecule has 1 atom stereocenters. The Hall–Kier alpha value is -1.26. The fourth-order valence-corrected chi connectivity index (χ4v) is 2.63. The van der Waals surface area contributed by atoms with Crippen molar-refractivity contribution < 1.29 is 14.7 Å². The van der Waals surface area contributed by atoms with Gasteiger partial charge in [0.15, 0.2) is 0 Å². The topological polar surface area (TPSA) is 69.6 Å². The number of rotatable bonds is 7. The lowest BCUT2D eigenvalue weighted by atomic mass is 9.95. The number of urea groups is 1. The van der Waals surface area contributed by atoms with E-state index in [1.54, 1.807) is 0 Å². The van der Waals surface area contributed by atoms with E-state index < -0.39 is 5.97 Å². The fraction of sp³-hybridized carbons (Fsp3) is 0.867. The smallest absolute Gasteiger partial charge is 0.317 e. The molecule has 0 radical (unpaired) electrons. The molecule has 20 heavy (non-hydrogen) atoms. The summed E-state index contributed by atoms with van der Waals surface area (Å²) in [5.74, 6) is -0.149. The highest BCUT2D eigenvalue weighted by Crippen LogP contribution is 2.22. The van der Waals surface area contributed by atoms with Gasteiger partial charge >= 0.3 is 12.0 Å². The van der Waals surface area contributed by atoms with Gasteiger partial charge in [0.25, 0.3) is 0 Å². The number of nitrogens with one attached hydrogen (secondary N) is 1. The zero-order valence-corrected chi connectivity index (χ0v) is 12.7. The number of carboxylic acid groups (broad SMARTS) is 1. The van der Waals surface area contributed by atoms with Crippen LogP contribution in [0.4, 0.5) is 4.79 Å². The normalized spacial score (nSPS) is 19.1. The molecule has 1 heterocycles. The molecular weight excluding hydrogens is 256 g/mol. The molecule has 0 aromatic rings. The molecule has 5 heteroatoms. The van der Waals surface area contributed by atoms with Gasteiger partial charge in [0.1, 0.15) is 0 Å². The molecule has 1 saturated heterocycles. The van der Waals surface area contributed by atoms with Crippen LogP contribution in [0.3, 0.4) is 0 Å². The molecule has 1 aliphatic heterocycles. The van der Waals surface area contributed by atoms with Gasteiger partial charge in [-0.15, -0.1) is 0 Å². The Labute approximate surface area is 121 Å². The van der Waals surface area contributed by atoms with Gasteiger partial charge < -0.3 is 15.3 Å². The number of aliphatic carboxylic acids is 1. The number of amides is 2. The lowest BCUT2D eigenvalue weighted by Crippen LogP contribution is -2.49. The first kappa shape index (κ1) is 16.8. The minimum Gasteiger partial charge on any atom is -0.481 e. The summed E-state index contributed by atoms with van der Waals surface area (Å²) >= 11 is 0. The summed E-state index contributed by atoms with van der Waals surface area (Å²) in [5, 5.41) is 11.4. The summed E-state index contributed by atoms with van der Waals surface area (Å²) in [6.45, 7) is 5.68. The second-order valence-electron chi connectivity index (χ2n) is 6.04. The molecule has 1 aliphatic rings. The van der Waals surface area contributed by atoms with Crippen LogP contribution < -0.4 is 5.32 Å². The zero-order chi connectivity index (χ0) is 15.0. The highest BCUT2D eigenvalue weighted by atomic mass is 16.4. The van der Waals surface area contributed by atoms with E-state index in [-0.39, 0.29) is 12.5 Å². The lowest BCUT2D eigenvalue weighted by Gasteiger charge is -2.36. The number of nitrogens with zero attached hydrogens (tertiary/aromatic N) is 1. The Bertz CT molecular complexity index is 318. The number of hydrogen-bond acceptors (Lipinski definition) is 2. The molecular formula is C15H28N2O3. The number of likely N-dealkylation sites (tertiary alicyclic amines) is 1. The predicted octanol–water partition coefficient (Wildman–Crippen LogP) is 2.85. The molecule has 0 aliphatic carbocycles. The Kier molecular flexibility index (Phi) is 7.41. The third kappa shape index (κ3) is 6.26. The number of carbonyl (C=O) groups is 2. The average Bonchev–Trinajstić information content (AvgIpc) is 2.41. The summed E-state index contributed by atoms with van der Waals surface area (Å²) in [6, 6.07) is 0.328. The Morgan fingerprint density at radius 3 is 2.75 bits per heavy atom. The van der Waals surface area contributed by atoms with Crippen molar-refractivity contribution in [3.63, 3.8) is 0 Å². The number of piperidine rings is 1. The van der Waals surface area contributed by atoms with Crippen molar-refractivity contribution in [2.45, 2.75) is 64.8 Å². The summed E-state index contributed by atoms with van der Waals surface area (Å²) in [4.78, 5) is 24.5. The molecule has 0 aromatic carbocycles. The van der Waals surface area contributed by atoms with Crippen LogP contribution in [0, 0.1) is 5.92 Å². The molecule has 2 N–H and O–H groups in total. The highest BCUT2D eigenvalue weighted by molar-refractivity contribution is 5.74. The van der Waals surface area contributed by atoms with Gasteiger partial charge in [-0.05, 0) is 44.4 Å². The van der Waals surface area contributed by atoms with Crippen molar-refractivity contribution in [1.29, 1.82) is 0 Å². The van der Waals surface area contributed by atoms with Gasteiger partial charge in [-0.3, -0.25) is 4.79 Å². The molecule has 0 spiro atoms. The van der Waals surface area contributed by atoms with Crippen molar-refractivity contribution >= 4 is 12.0 Å². The first-order chi connectivity index (χ1) is 9.50. The van der Waals surface area contributed by atoms with E-state index in [1.165, 1.54) is 6.42 Å². The van der Waals surface area contributed by atoms with Crippen molar-refractivity contribution in [3.8, 4) is 0 Å². The van der Waals surface area contributed by atoms with Crippen LogP contribution in [-0.2, 0) is 4.79 Å². The number of carbonyl (C=O) groups excluding carboxylic acids is 1. The minimum absolute atomic E-state index is 0.0242. The second kappa shape index (κ2) is 8.82. The molecule has 5 nitrogen and oxygen atoms in total. The maximum atomic E-state index is 12.2. The summed E-state index contributed by atoms with van der Waals surface area (Å²) in [6.07, 6.45) is 6.18. The van der Waals surface area contributed by atoms with Gasteiger partial charge in [0.05, 0.1) is 0 Å². The predicted molar refractivity (Wildman–Crippen MR) is 78.7 cm³/mol. The Morgan fingerprint density at radius 2 is 2.10 bits per heavy atom. The molecule has 0 saturated carbocycles. The Morgan fingerprint density at radius 1 is 1.35 bits per heavy atom. The first-order valence-corrected chi connectivity index (χ1v) is 7.77. The van der Waals surface area contributed by atoms with Crippen molar-refractivity contribution in [2.24, 2.45) is 5.92 Å². The quantitative estimate of drug-likeness (QED) is 0.706. The standard InChI is InChI=1S/C15H28N2O3/c1-12(2)8-9-13-6-3-4-11-17(13)15(20)16-10-5-7-14(18)19/h12-13H,3-11H2,1-2H3,(H,16,20)(H,18,19). The van der Waals surface area contributed by atoms with Crippen LogP contribution in [0.1, 0.15) is 58.8 Å². The minimum atomic E-state index is -0.813. The van der Waals surface area contributed by atoms with E-state index in [0.29, 0.717) is 24.9 Å². The van der Waals surface area contributed by atoms with Crippen molar-refractivity contribution in [1.82, 2.24) is 10.2 Å². The highest BCUT2D eigenvalue weighted by Gasteiger charge is 2.26. The van der Waals surface area contributed by atoms with Crippen LogP contribution in [0.2, 0.25) is 0 Å². The van der Waals surface area contributed by atoms with Crippen LogP contribution in [0.5, 0.6) is 0 Å². The van der Waals surface area contributed by atoms with Gasteiger partial charge in [-0.25, -0.2) is 4.79 Å². The summed E-state index contributed by atoms with van der Waals surface area (Å²) < 4.78 is 0. The Balaban J connectivity index is 2.35. The first-order valence-electron chi connectivity index (χ1n) is 7.77. The van der Waals surface area contributed by atoms with Gasteiger partial charge in [-0.2, -0.15) is 0 Å². The average molecular weight is 284 g/mol. The van der Waals surface area contributed by atoms with Crippen molar-refractivity contribution in [3.05, 3.63) is 0 Å². The third-order valence-corrected chi connectivity index (χ3v) is 3.81. The largest absolute Gasteiger partial charge is 0.481 e. The van der Waals surface area contributed by atoms with E-state index in [9.17, 15) is 9.59 Å². The lowest BCUT2D eigenvalue weighted by molar-refractivity contribution is -0.137. The number of carboxylic acids is 1. The van der Waals surface area contributed by atoms with Gasteiger partial charge in [0, 0.05) is 25.6 Å². The molecule has 1 fully saturated rings. The number of hydrogen-bond donors (Lipinski definition) is 2. The van der Waals surface area contributed by atoms with E-state index in [1.807, 2.05) is 4.90 Å². The third-order valence-electron chi connectivity index (χ3n) is 3.81. The maximum Gasteiger partial charge on any atom is 0.317 e. The van der Waals surface area contributed by atoms with Crippen LogP contribution in [0.15, 0.2) is 0 Å². The van der Waals surface area contributed by atoms with Gasteiger partial charge in [-0.1, -0.05) is 13.8 Å². The summed E-state index contributed by atoms with van der Waals surface area (Å²) in [7, 11) is 0. The maximum absolute atomic E-state index is 12.2. The molecule has 1 rings (SSSR count). The SMILES string of the molecule is CC(C)CCC1CCCCN1C(=O)NCCCC(=O)O. The van der Waals surface area contributed by atoms with E-state index >= 15 is 0 Å². The molecule has 0 bridgehead atoms. The van der Waals surface area contributed by atoms with E-state index in [4.69, 9.17) is 5.11 Å². The van der Waals surface area contributed by atoms with Crippen molar-refractivity contribution in [2.75, 3.05) is 13.1 Å². The van der Waals surface area contributed by atoms with Gasteiger partial charge in [0.2, 0.25) is 0 Å². The van der Waals surface area contributed by atoms with Crippen LogP contribution in [-0.4, -0.2) is 41.1 Å².